The van der Waals surface area contributed by atoms with Gasteiger partial charge in [0.2, 0.25) is 0 Å². The molecule has 10 heteroatoms. The van der Waals surface area contributed by atoms with Crippen LogP contribution in [0, 0.1) is 12.8 Å². The van der Waals surface area contributed by atoms with Crippen molar-refractivity contribution in [2.75, 3.05) is 5.32 Å². The van der Waals surface area contributed by atoms with E-state index in [4.69, 9.17) is 0 Å². The fraction of sp³-hybridized carbons (Fsp3) is 0.478. The molecule has 1 aliphatic rings. The van der Waals surface area contributed by atoms with Crippen molar-refractivity contribution in [2.45, 2.75) is 66.2 Å². The Morgan fingerprint density at radius 2 is 2.00 bits per heavy atom. The zero-order valence-corrected chi connectivity index (χ0v) is 23.9. The van der Waals surface area contributed by atoms with Crippen molar-refractivity contribution in [3.63, 3.8) is 0 Å². The largest absolute Gasteiger partial charge is 0.415 e. The van der Waals surface area contributed by atoms with Crippen molar-refractivity contribution < 1.29 is 13.2 Å². The summed E-state index contributed by atoms with van der Waals surface area (Å²) in [6, 6.07) is 3.84. The second-order valence-corrected chi connectivity index (χ2v) is 8.26. The van der Waals surface area contributed by atoms with Gasteiger partial charge in [-0.25, -0.2) is 4.98 Å². The van der Waals surface area contributed by atoms with Crippen LogP contribution in [0.2, 0.25) is 0 Å². The minimum absolute atomic E-state index is 0.00201. The lowest BCUT2D eigenvalue weighted by Gasteiger charge is -2.25. The number of fused-ring (bicyclic) bond motifs is 1. The molecule has 2 aromatic rings. The van der Waals surface area contributed by atoms with E-state index in [0.717, 1.165) is 47.8 Å². The van der Waals surface area contributed by atoms with Gasteiger partial charge in [-0.15, -0.1) is 19.0 Å². The standard InChI is InChI=1S/C21H26F3N4P.C2H6.HIS/c1-12(2)15(10-14(4)21(22,23)24)17-11-18-16(6-5-9-28(18)27-17)26-20-19(29)13(3)7-8-25-20;2*1-2/h7-8,10-12,16H,4-6,9,29H2,1-3H3,(H,25,26);1-2H3;2H/b15-10+;;. The zero-order chi connectivity index (χ0) is 25.3. The minimum atomic E-state index is -4.45. The molecule has 0 radical (unpaired) electrons. The predicted octanol–water partition coefficient (Wildman–Crippen LogP) is 7.48. The van der Waals surface area contributed by atoms with Gasteiger partial charge >= 0.3 is 6.18 Å². The van der Waals surface area contributed by atoms with E-state index >= 15 is 0 Å². The van der Waals surface area contributed by atoms with E-state index in [-0.39, 0.29) is 12.0 Å². The van der Waals surface area contributed by atoms with E-state index < -0.39 is 11.7 Å². The molecule has 0 aliphatic carbocycles. The molecule has 1 N–H and O–H groups in total. The van der Waals surface area contributed by atoms with Gasteiger partial charge in [0.25, 0.3) is 0 Å². The zero-order valence-electron chi connectivity index (χ0n) is 19.7. The maximum atomic E-state index is 13.0. The van der Waals surface area contributed by atoms with Gasteiger partial charge in [-0.1, -0.05) is 34.3 Å². The van der Waals surface area contributed by atoms with E-state index in [0.29, 0.717) is 11.3 Å². The summed E-state index contributed by atoms with van der Waals surface area (Å²) in [6.07, 6.45) is 0.264. The van der Waals surface area contributed by atoms with E-state index in [9.17, 15) is 13.2 Å². The van der Waals surface area contributed by atoms with Crippen LogP contribution in [-0.4, -0.2) is 20.9 Å². The lowest BCUT2D eigenvalue weighted by Crippen LogP contribution is -2.24. The molecule has 2 aromatic heterocycles. The summed E-state index contributed by atoms with van der Waals surface area (Å²) >= 11 is 1.84. The summed E-state index contributed by atoms with van der Waals surface area (Å²) < 4.78 is 40.9. The van der Waals surface area contributed by atoms with Crippen LogP contribution >= 0.6 is 40.2 Å². The van der Waals surface area contributed by atoms with E-state index in [2.05, 4.69) is 41.0 Å². The van der Waals surface area contributed by atoms with E-state index in [1.165, 1.54) is 0 Å². The predicted molar refractivity (Wildman–Crippen MR) is 149 cm³/mol. The third kappa shape index (κ3) is 7.99. The summed E-state index contributed by atoms with van der Waals surface area (Å²) in [7, 11) is 6.21. The highest BCUT2D eigenvalue weighted by atomic mass is 127. The SMILES string of the molecule is C=C(/C=C(/c1cc2n(n1)CCCC2Nc1nccc(C)c1P)C(C)C)C(F)(F)F.CC.SI. The molecule has 0 saturated carbocycles. The van der Waals surface area contributed by atoms with Gasteiger partial charge in [0.15, 0.2) is 0 Å². The molecule has 4 nitrogen and oxygen atoms in total. The first-order valence-corrected chi connectivity index (χ1v) is 14.6. The highest BCUT2D eigenvalue weighted by Gasteiger charge is 2.32. The van der Waals surface area contributed by atoms with Crippen LogP contribution in [-0.2, 0) is 6.54 Å². The summed E-state index contributed by atoms with van der Waals surface area (Å²) in [5, 5.41) is 9.10. The van der Waals surface area contributed by atoms with Gasteiger partial charge in [-0.3, -0.25) is 4.68 Å². The lowest BCUT2D eigenvalue weighted by molar-refractivity contribution is -0.0877. The lowest BCUT2D eigenvalue weighted by atomic mass is 9.96. The molecule has 0 bridgehead atoms. The number of aryl methyl sites for hydroxylation is 2. The maximum Gasteiger partial charge on any atom is 0.415 e. The number of nitrogens with one attached hydrogen (secondary N) is 1. The minimum Gasteiger partial charge on any atom is -0.361 e. The Morgan fingerprint density at radius 1 is 1.36 bits per heavy atom. The molecular formula is C23H33F3IN4PS. The van der Waals surface area contributed by atoms with Crippen LogP contribution in [0.4, 0.5) is 19.0 Å². The third-order valence-electron chi connectivity index (χ3n) is 5.16. The molecule has 0 aromatic carbocycles. The van der Waals surface area contributed by atoms with E-state index in [1.807, 2.05) is 72.6 Å². The number of hydrogen-bond acceptors (Lipinski definition) is 4. The molecule has 0 spiro atoms. The first-order chi connectivity index (χ1) is 15.6. The fourth-order valence-corrected chi connectivity index (χ4v) is 3.68. The van der Waals surface area contributed by atoms with Gasteiger partial charge in [0.05, 0.1) is 17.4 Å². The second-order valence-electron chi connectivity index (χ2n) is 7.68. The Balaban J connectivity index is 0.00000129. The van der Waals surface area contributed by atoms with Gasteiger partial charge in [0.1, 0.15) is 5.82 Å². The number of anilines is 1. The van der Waals surface area contributed by atoms with Crippen LogP contribution in [0.3, 0.4) is 0 Å². The average molecular weight is 612 g/mol. The highest BCUT2D eigenvalue weighted by molar-refractivity contribution is 14.2. The third-order valence-corrected chi connectivity index (χ3v) is 5.89. The number of thiol groups is 1. The summed E-state index contributed by atoms with van der Waals surface area (Å²) in [6.45, 7) is 13.7. The van der Waals surface area contributed by atoms with Crippen molar-refractivity contribution in [3.05, 3.63) is 53.5 Å². The molecule has 3 heterocycles. The smallest absolute Gasteiger partial charge is 0.361 e. The monoisotopic (exact) mass is 612 g/mol. The van der Waals surface area contributed by atoms with Gasteiger partial charge in [-0.2, -0.15) is 18.3 Å². The summed E-state index contributed by atoms with van der Waals surface area (Å²) in [5.74, 6) is 0.677. The molecule has 1 aliphatic heterocycles. The first-order valence-electron chi connectivity index (χ1n) is 10.8. The molecule has 0 amide bonds. The number of halogens is 4. The normalized spacial score (nSPS) is 15.6. The van der Waals surface area contributed by atoms with Crippen LogP contribution < -0.4 is 10.6 Å². The molecule has 184 valence electrons. The Kier molecular flexibility index (Phi) is 12.5. The van der Waals surface area contributed by atoms with Crippen molar-refractivity contribution in [1.82, 2.24) is 14.8 Å². The number of allylic oxidation sites excluding steroid dienone is 3. The number of pyridine rings is 1. The maximum absolute atomic E-state index is 13.0. The molecule has 33 heavy (non-hydrogen) atoms. The molecule has 0 saturated heterocycles. The Hall–Kier alpha value is -1.06. The van der Waals surface area contributed by atoms with Crippen LogP contribution in [0.1, 0.15) is 63.5 Å². The Morgan fingerprint density at radius 3 is 2.58 bits per heavy atom. The first kappa shape index (κ1) is 30.0. The number of aromatic nitrogens is 3. The number of hydrogen-bond donors (Lipinski definition) is 2. The van der Waals surface area contributed by atoms with Gasteiger partial charge in [0, 0.05) is 23.6 Å². The van der Waals surface area contributed by atoms with E-state index in [1.54, 1.807) is 6.20 Å². The van der Waals surface area contributed by atoms with Crippen LogP contribution in [0.15, 0.2) is 36.6 Å². The molecule has 2 atom stereocenters. The van der Waals surface area contributed by atoms with Crippen molar-refractivity contribution in [3.8, 4) is 0 Å². The Labute approximate surface area is 215 Å². The fourth-order valence-electron chi connectivity index (χ4n) is 3.43. The van der Waals surface area contributed by atoms with Crippen LogP contribution in [0.25, 0.3) is 5.57 Å². The van der Waals surface area contributed by atoms with Crippen molar-refractivity contribution in [1.29, 1.82) is 0 Å². The summed E-state index contributed by atoms with van der Waals surface area (Å²) in [4.78, 5) is 4.43. The average Bonchev–Trinajstić information content (AvgIpc) is 3.21. The van der Waals surface area contributed by atoms with Crippen molar-refractivity contribution in [2.24, 2.45) is 5.92 Å². The Bertz CT molecular complexity index is 958. The number of alkyl halides is 3. The quantitative estimate of drug-likeness (QED) is 0.159. The molecular weight excluding hydrogens is 579 g/mol. The number of nitrogens with zero attached hydrogens (tertiary/aromatic N) is 3. The summed E-state index contributed by atoms with van der Waals surface area (Å²) in [5.41, 5.74) is 2.32. The molecule has 3 rings (SSSR count). The molecule has 2 unspecified atom stereocenters. The second kappa shape index (κ2) is 13.7. The van der Waals surface area contributed by atoms with Gasteiger partial charge in [-0.05, 0) is 76.2 Å². The number of rotatable bonds is 5. The van der Waals surface area contributed by atoms with Gasteiger partial charge < -0.3 is 5.32 Å². The van der Waals surface area contributed by atoms with Crippen molar-refractivity contribution >= 4 is 56.9 Å². The highest BCUT2D eigenvalue weighted by Crippen LogP contribution is 2.34. The van der Waals surface area contributed by atoms with Crippen LogP contribution in [0.5, 0.6) is 0 Å². The topological polar surface area (TPSA) is 42.7 Å². The molecule has 0 fully saturated rings.